The zero-order valence-electron chi connectivity index (χ0n) is 33.5. The van der Waals surface area contributed by atoms with E-state index in [4.69, 9.17) is 14.4 Å². The molecular formula is C51H46IrN4O-2. The second kappa shape index (κ2) is 16.4. The van der Waals surface area contributed by atoms with Crippen molar-refractivity contribution in [1.29, 1.82) is 0 Å². The van der Waals surface area contributed by atoms with Crippen LogP contribution in [-0.4, -0.2) is 19.5 Å². The van der Waals surface area contributed by atoms with E-state index in [9.17, 15) is 0 Å². The Morgan fingerprint density at radius 2 is 1.40 bits per heavy atom. The molecule has 0 unspecified atom stereocenters. The van der Waals surface area contributed by atoms with Gasteiger partial charge in [-0.15, -0.1) is 54.1 Å². The van der Waals surface area contributed by atoms with E-state index in [0.717, 1.165) is 61.2 Å². The van der Waals surface area contributed by atoms with Crippen molar-refractivity contribution in [1.82, 2.24) is 19.5 Å². The predicted molar refractivity (Wildman–Crippen MR) is 231 cm³/mol. The van der Waals surface area contributed by atoms with Crippen LogP contribution in [0.5, 0.6) is 0 Å². The summed E-state index contributed by atoms with van der Waals surface area (Å²) in [5.41, 5.74) is 13.6. The molecule has 9 aromatic rings. The summed E-state index contributed by atoms with van der Waals surface area (Å²) in [5.74, 6) is 1.50. The standard InChI is InChI=1S/C34H34N3O.C17H12N.Ir/c1-20(2)22-13-10-14-23(21(3)4)31(22)37-28-19-35-18-27(34(5,6)7)30(28)36-33(37)26-16-11-15-25-24-12-8-9-17-29(24)38-32(25)26;1-3-7-14(8-4-1)16-11-12-18-17(13-16)15-9-5-2-6-10-15;/h8-15,17-21H,1-7H3;1-9,11-13H;/q2*-1;. The molecule has 0 N–H and O–H groups in total. The van der Waals surface area contributed by atoms with Gasteiger partial charge in [-0.1, -0.05) is 132 Å². The Labute approximate surface area is 349 Å². The van der Waals surface area contributed by atoms with Crippen molar-refractivity contribution < 1.29 is 24.5 Å². The number of para-hydroxylation sites is 2. The van der Waals surface area contributed by atoms with Crippen molar-refractivity contribution in [3.05, 3.63) is 169 Å². The first-order valence-electron chi connectivity index (χ1n) is 19.4. The van der Waals surface area contributed by atoms with E-state index in [-0.39, 0.29) is 25.5 Å². The van der Waals surface area contributed by atoms with Crippen LogP contribution in [0.1, 0.15) is 77.0 Å². The number of pyridine rings is 2. The van der Waals surface area contributed by atoms with Gasteiger partial charge in [-0.25, -0.2) is 0 Å². The smallest absolute Gasteiger partial charge is 0.120 e. The van der Waals surface area contributed by atoms with E-state index in [0.29, 0.717) is 11.8 Å². The van der Waals surface area contributed by atoms with Gasteiger partial charge in [0.05, 0.1) is 28.6 Å². The number of aromatic nitrogens is 4. The van der Waals surface area contributed by atoms with Gasteiger partial charge in [0.15, 0.2) is 0 Å². The molecule has 0 amide bonds. The molecule has 0 spiro atoms. The Bertz CT molecular complexity index is 2710. The fourth-order valence-electron chi connectivity index (χ4n) is 7.50. The molecule has 4 aromatic heterocycles. The molecule has 0 aliphatic rings. The van der Waals surface area contributed by atoms with E-state index >= 15 is 0 Å². The summed E-state index contributed by atoms with van der Waals surface area (Å²) in [6.07, 6.45) is 5.77. The van der Waals surface area contributed by atoms with E-state index in [1.54, 1.807) is 0 Å². The molecule has 0 fully saturated rings. The minimum atomic E-state index is -0.115. The molecule has 0 aliphatic heterocycles. The molecule has 0 atom stereocenters. The first-order chi connectivity index (χ1) is 27.1. The van der Waals surface area contributed by atoms with Gasteiger partial charge in [0.2, 0.25) is 0 Å². The van der Waals surface area contributed by atoms with Gasteiger partial charge in [-0.3, -0.25) is 9.97 Å². The molecule has 0 saturated carbocycles. The molecule has 4 heterocycles. The number of nitrogens with zero attached hydrogens (tertiary/aromatic N) is 4. The van der Waals surface area contributed by atoms with Crippen molar-refractivity contribution >= 4 is 33.0 Å². The number of rotatable bonds is 6. The molecular weight excluding hydrogens is 877 g/mol. The normalized spacial score (nSPS) is 11.6. The van der Waals surface area contributed by atoms with Gasteiger partial charge in [-0.2, -0.15) is 0 Å². The second-order valence-electron chi connectivity index (χ2n) is 15.9. The van der Waals surface area contributed by atoms with Gasteiger partial charge in [0.25, 0.3) is 0 Å². The van der Waals surface area contributed by atoms with Crippen LogP contribution in [0.4, 0.5) is 0 Å². The van der Waals surface area contributed by atoms with Crippen molar-refractivity contribution in [3.8, 4) is 39.5 Å². The zero-order valence-corrected chi connectivity index (χ0v) is 35.9. The molecule has 0 aliphatic carbocycles. The molecule has 1 radical (unpaired) electrons. The van der Waals surface area contributed by atoms with Crippen LogP contribution in [0.3, 0.4) is 0 Å². The molecule has 57 heavy (non-hydrogen) atoms. The number of fused-ring (bicyclic) bond motifs is 4. The summed E-state index contributed by atoms with van der Waals surface area (Å²) < 4.78 is 8.80. The Kier molecular flexibility index (Phi) is 11.4. The van der Waals surface area contributed by atoms with Crippen LogP contribution in [0.15, 0.2) is 144 Å². The number of hydrogen-bond donors (Lipinski definition) is 0. The molecule has 5 nitrogen and oxygen atoms in total. The minimum Gasteiger partial charge on any atom is -0.501 e. The Morgan fingerprint density at radius 3 is 2.11 bits per heavy atom. The zero-order chi connectivity index (χ0) is 39.0. The van der Waals surface area contributed by atoms with Gasteiger partial charge >= 0.3 is 0 Å². The maximum absolute atomic E-state index is 6.48. The van der Waals surface area contributed by atoms with Crippen molar-refractivity contribution in [2.24, 2.45) is 0 Å². The van der Waals surface area contributed by atoms with Crippen LogP contribution in [0, 0.1) is 12.1 Å². The van der Waals surface area contributed by atoms with Crippen LogP contribution >= 0.6 is 0 Å². The van der Waals surface area contributed by atoms with Crippen LogP contribution < -0.4 is 0 Å². The van der Waals surface area contributed by atoms with E-state index in [2.05, 4.69) is 125 Å². The summed E-state index contributed by atoms with van der Waals surface area (Å²) in [4.78, 5) is 14.5. The Balaban J connectivity index is 0.000000219. The maximum atomic E-state index is 6.48. The quantitative estimate of drug-likeness (QED) is 0.156. The topological polar surface area (TPSA) is 56.7 Å². The SMILES string of the molecule is CC(C)c1cccc(C(C)C)c1-n1c(-c2[c-]ccc3c2oc2ccccc23)nc2c(C(C)(C)C)cncc21.[Ir].[c-]1ccccc1-c1cc(-c2ccccc2)ccn1. The molecule has 6 heteroatoms. The number of hydrogen-bond acceptors (Lipinski definition) is 4. The Morgan fingerprint density at radius 1 is 0.684 bits per heavy atom. The number of imidazole rings is 1. The first kappa shape index (κ1) is 39.6. The van der Waals surface area contributed by atoms with Gasteiger partial charge < -0.3 is 14.0 Å². The third kappa shape index (κ3) is 7.73. The van der Waals surface area contributed by atoms with Gasteiger partial charge in [0, 0.05) is 49.1 Å². The second-order valence-corrected chi connectivity index (χ2v) is 15.9. The van der Waals surface area contributed by atoms with Crippen LogP contribution in [0.25, 0.3) is 72.4 Å². The molecule has 0 saturated heterocycles. The fraction of sp³-hybridized carbons (Fsp3) is 0.196. The third-order valence-electron chi connectivity index (χ3n) is 10.4. The fourth-order valence-corrected chi connectivity index (χ4v) is 7.50. The van der Waals surface area contributed by atoms with Crippen LogP contribution in [0.2, 0.25) is 0 Å². The molecule has 287 valence electrons. The van der Waals surface area contributed by atoms with Gasteiger partial charge in [-0.05, 0) is 57.3 Å². The summed E-state index contributed by atoms with van der Waals surface area (Å²) >= 11 is 0. The average Bonchev–Trinajstić information content (AvgIpc) is 3.80. The molecule has 0 bridgehead atoms. The van der Waals surface area contributed by atoms with Crippen molar-refractivity contribution in [3.63, 3.8) is 0 Å². The summed E-state index contributed by atoms with van der Waals surface area (Å²) in [7, 11) is 0. The number of benzene rings is 5. The maximum Gasteiger partial charge on any atom is 0.120 e. The summed E-state index contributed by atoms with van der Waals surface area (Å²) in [6, 6.07) is 48.0. The van der Waals surface area contributed by atoms with Crippen LogP contribution in [-0.2, 0) is 25.5 Å². The molecule has 9 rings (SSSR count). The third-order valence-corrected chi connectivity index (χ3v) is 10.4. The summed E-state index contributed by atoms with van der Waals surface area (Å²) in [6.45, 7) is 15.7. The first-order valence-corrected chi connectivity index (χ1v) is 19.4. The Hall–Kier alpha value is -5.68. The minimum absolute atomic E-state index is 0. The average molecular weight is 923 g/mol. The van der Waals surface area contributed by atoms with Gasteiger partial charge in [0.1, 0.15) is 5.58 Å². The largest absolute Gasteiger partial charge is 0.501 e. The number of furan rings is 1. The van der Waals surface area contributed by atoms with E-state index in [1.165, 1.54) is 27.9 Å². The molecule has 5 aromatic carbocycles. The monoisotopic (exact) mass is 923 g/mol. The predicted octanol–water partition coefficient (Wildman–Crippen LogP) is 13.5. The summed E-state index contributed by atoms with van der Waals surface area (Å²) in [5, 5.41) is 2.17. The van der Waals surface area contributed by atoms with Crippen molar-refractivity contribution in [2.75, 3.05) is 0 Å². The van der Waals surface area contributed by atoms with E-state index in [1.807, 2.05) is 85.3 Å². The van der Waals surface area contributed by atoms with Crippen molar-refractivity contribution in [2.45, 2.75) is 65.7 Å². The van der Waals surface area contributed by atoms with E-state index < -0.39 is 0 Å².